The molecule has 0 amide bonds. The van der Waals surface area contributed by atoms with Crippen LogP contribution in [0.4, 0.5) is 5.95 Å². The van der Waals surface area contributed by atoms with E-state index in [1.807, 2.05) is 17.8 Å². The van der Waals surface area contributed by atoms with Gasteiger partial charge < -0.3 is 5.73 Å². The molecule has 3 rings (SSSR count). The summed E-state index contributed by atoms with van der Waals surface area (Å²) in [5.74, 6) is 0.575. The lowest BCUT2D eigenvalue weighted by atomic mass is 10.1. The normalized spacial score (nSPS) is 11.3. The molecule has 5 nitrogen and oxygen atoms in total. The number of nitrogens with two attached hydrogens (primary N) is 1. The Morgan fingerprint density at radius 2 is 1.90 bits per heavy atom. The average Bonchev–Trinajstić information content (AvgIpc) is 2.96. The van der Waals surface area contributed by atoms with Crippen LogP contribution in [0.2, 0.25) is 0 Å². The highest BCUT2D eigenvalue weighted by atomic mass is 15.3. The monoisotopic (exact) mass is 283 g/mol. The van der Waals surface area contributed by atoms with Gasteiger partial charge in [0.15, 0.2) is 5.65 Å². The number of fused-ring (bicyclic) bond motifs is 1. The van der Waals surface area contributed by atoms with E-state index in [9.17, 15) is 0 Å². The molecule has 2 aromatic heterocycles. The Balaban J connectivity index is 1.93. The SMILES string of the molecule is CCCc1nn(C)c2c1nc(N)n2CCc1ccccc1. The molecule has 110 valence electrons. The van der Waals surface area contributed by atoms with Crippen molar-refractivity contribution in [2.45, 2.75) is 32.7 Å². The minimum atomic E-state index is 0.575. The van der Waals surface area contributed by atoms with Crippen LogP contribution in [0.5, 0.6) is 0 Å². The molecule has 5 heteroatoms. The van der Waals surface area contributed by atoms with Crippen LogP contribution in [-0.4, -0.2) is 19.3 Å². The van der Waals surface area contributed by atoms with Gasteiger partial charge in [0.05, 0.1) is 5.69 Å². The molecule has 0 aliphatic heterocycles. The van der Waals surface area contributed by atoms with E-state index < -0.39 is 0 Å². The van der Waals surface area contributed by atoms with Gasteiger partial charge in [0.2, 0.25) is 5.95 Å². The third-order valence-corrected chi connectivity index (χ3v) is 3.77. The molecule has 21 heavy (non-hydrogen) atoms. The topological polar surface area (TPSA) is 61.7 Å². The fraction of sp³-hybridized carbons (Fsp3) is 0.375. The molecule has 0 spiro atoms. The van der Waals surface area contributed by atoms with E-state index in [1.165, 1.54) is 5.56 Å². The van der Waals surface area contributed by atoms with E-state index in [-0.39, 0.29) is 0 Å². The molecule has 0 saturated heterocycles. The number of aryl methyl sites for hydroxylation is 4. The predicted molar refractivity (Wildman–Crippen MR) is 85.1 cm³/mol. The molecule has 0 atom stereocenters. The minimum Gasteiger partial charge on any atom is -0.369 e. The Morgan fingerprint density at radius 3 is 2.62 bits per heavy atom. The number of aromatic nitrogens is 4. The third kappa shape index (κ3) is 2.51. The molecule has 1 aromatic carbocycles. The number of nitrogens with zero attached hydrogens (tertiary/aromatic N) is 4. The summed E-state index contributed by atoms with van der Waals surface area (Å²) in [5.41, 5.74) is 10.4. The fourth-order valence-electron chi connectivity index (χ4n) is 2.77. The van der Waals surface area contributed by atoms with Gasteiger partial charge in [-0.05, 0) is 18.4 Å². The van der Waals surface area contributed by atoms with Crippen LogP contribution < -0.4 is 5.73 Å². The molecule has 0 radical (unpaired) electrons. The Morgan fingerprint density at radius 1 is 1.14 bits per heavy atom. The van der Waals surface area contributed by atoms with Crippen LogP contribution in [0.25, 0.3) is 11.2 Å². The van der Waals surface area contributed by atoms with Crippen LogP contribution in [0.3, 0.4) is 0 Å². The quantitative estimate of drug-likeness (QED) is 0.782. The van der Waals surface area contributed by atoms with Crippen molar-refractivity contribution in [3.8, 4) is 0 Å². The third-order valence-electron chi connectivity index (χ3n) is 3.77. The second-order valence-corrected chi connectivity index (χ2v) is 5.35. The van der Waals surface area contributed by atoms with E-state index in [4.69, 9.17) is 5.73 Å². The second-order valence-electron chi connectivity index (χ2n) is 5.35. The molecule has 2 N–H and O–H groups in total. The van der Waals surface area contributed by atoms with Crippen molar-refractivity contribution < 1.29 is 0 Å². The van der Waals surface area contributed by atoms with Crippen molar-refractivity contribution in [2.75, 3.05) is 5.73 Å². The standard InChI is InChI=1S/C16H21N5/c1-3-7-13-14-15(20(2)19-13)21(16(17)18-14)11-10-12-8-5-4-6-9-12/h4-6,8-9H,3,7,10-11H2,1-2H3,(H2,17,18). The lowest BCUT2D eigenvalue weighted by Gasteiger charge is -2.07. The number of hydrogen-bond acceptors (Lipinski definition) is 3. The van der Waals surface area contributed by atoms with Gasteiger partial charge >= 0.3 is 0 Å². The molecule has 0 aliphatic carbocycles. The number of rotatable bonds is 5. The van der Waals surface area contributed by atoms with Crippen molar-refractivity contribution in [2.24, 2.45) is 7.05 Å². The highest BCUT2D eigenvalue weighted by Crippen LogP contribution is 2.22. The summed E-state index contributed by atoms with van der Waals surface area (Å²) >= 11 is 0. The highest BCUT2D eigenvalue weighted by Gasteiger charge is 2.17. The lowest BCUT2D eigenvalue weighted by Crippen LogP contribution is -2.08. The fourth-order valence-corrected chi connectivity index (χ4v) is 2.77. The van der Waals surface area contributed by atoms with Crippen LogP contribution in [0, 0.1) is 0 Å². The van der Waals surface area contributed by atoms with E-state index in [0.29, 0.717) is 5.95 Å². The zero-order chi connectivity index (χ0) is 14.8. The summed E-state index contributed by atoms with van der Waals surface area (Å²) in [4.78, 5) is 4.52. The van der Waals surface area contributed by atoms with Gasteiger partial charge in [0.25, 0.3) is 0 Å². The van der Waals surface area contributed by atoms with E-state index in [1.54, 1.807) is 0 Å². The van der Waals surface area contributed by atoms with Gasteiger partial charge in [-0.25, -0.2) is 4.98 Å². The molecule has 0 aliphatic rings. The predicted octanol–water partition coefficient (Wildman–Crippen LogP) is 2.55. The summed E-state index contributed by atoms with van der Waals surface area (Å²) in [7, 11) is 1.96. The Labute approximate surface area is 124 Å². The van der Waals surface area contributed by atoms with Crippen molar-refractivity contribution in [1.82, 2.24) is 19.3 Å². The molecule has 0 bridgehead atoms. The summed E-state index contributed by atoms with van der Waals surface area (Å²) in [6.45, 7) is 2.97. The smallest absolute Gasteiger partial charge is 0.202 e. The van der Waals surface area contributed by atoms with Crippen molar-refractivity contribution in [1.29, 1.82) is 0 Å². The molecular weight excluding hydrogens is 262 g/mol. The van der Waals surface area contributed by atoms with Crippen LogP contribution in [0.15, 0.2) is 30.3 Å². The van der Waals surface area contributed by atoms with E-state index in [0.717, 1.165) is 42.7 Å². The zero-order valence-corrected chi connectivity index (χ0v) is 12.6. The summed E-state index contributed by atoms with van der Waals surface area (Å²) in [6.07, 6.45) is 2.93. The van der Waals surface area contributed by atoms with Gasteiger partial charge in [-0.2, -0.15) is 5.10 Å². The Bertz CT molecular complexity index is 739. The summed E-state index contributed by atoms with van der Waals surface area (Å²) in [6, 6.07) is 10.4. The maximum atomic E-state index is 6.11. The van der Waals surface area contributed by atoms with Crippen LogP contribution in [-0.2, 0) is 26.4 Å². The lowest BCUT2D eigenvalue weighted by molar-refractivity contribution is 0.674. The minimum absolute atomic E-state index is 0.575. The highest BCUT2D eigenvalue weighted by molar-refractivity contribution is 5.77. The summed E-state index contributed by atoms with van der Waals surface area (Å²) in [5, 5.41) is 4.57. The number of nitrogen functional groups attached to an aromatic ring is 1. The first-order valence-electron chi connectivity index (χ1n) is 7.42. The molecule has 0 fully saturated rings. The molecule has 2 heterocycles. The first kappa shape index (κ1) is 13.7. The zero-order valence-electron chi connectivity index (χ0n) is 12.6. The number of benzene rings is 1. The van der Waals surface area contributed by atoms with Gasteiger partial charge in [0.1, 0.15) is 5.52 Å². The Hall–Kier alpha value is -2.30. The average molecular weight is 283 g/mol. The largest absolute Gasteiger partial charge is 0.369 e. The van der Waals surface area contributed by atoms with E-state index in [2.05, 4.69) is 45.8 Å². The van der Waals surface area contributed by atoms with Gasteiger partial charge in [-0.15, -0.1) is 0 Å². The number of anilines is 1. The first-order valence-corrected chi connectivity index (χ1v) is 7.42. The molecule has 0 saturated carbocycles. The maximum absolute atomic E-state index is 6.11. The molecule has 3 aromatic rings. The van der Waals surface area contributed by atoms with Crippen molar-refractivity contribution >= 4 is 17.1 Å². The van der Waals surface area contributed by atoms with Crippen LogP contribution in [0.1, 0.15) is 24.6 Å². The van der Waals surface area contributed by atoms with Gasteiger partial charge in [-0.1, -0.05) is 43.7 Å². The number of imidazole rings is 1. The number of hydrogen-bond donors (Lipinski definition) is 1. The van der Waals surface area contributed by atoms with Gasteiger partial charge in [-0.3, -0.25) is 9.25 Å². The van der Waals surface area contributed by atoms with Crippen LogP contribution >= 0.6 is 0 Å². The van der Waals surface area contributed by atoms with Gasteiger partial charge in [0, 0.05) is 13.6 Å². The van der Waals surface area contributed by atoms with Crippen molar-refractivity contribution in [3.63, 3.8) is 0 Å². The summed E-state index contributed by atoms with van der Waals surface area (Å²) < 4.78 is 3.96. The molecule has 0 unspecified atom stereocenters. The Kier molecular flexibility index (Phi) is 3.64. The molecular formula is C16H21N5. The second kappa shape index (κ2) is 5.60. The maximum Gasteiger partial charge on any atom is 0.202 e. The van der Waals surface area contributed by atoms with Crippen molar-refractivity contribution in [3.05, 3.63) is 41.6 Å². The first-order chi connectivity index (χ1) is 10.2. The van der Waals surface area contributed by atoms with E-state index >= 15 is 0 Å².